The number of nitrogens with zero attached hydrogens (tertiary/aromatic N) is 1. The molecular weight excluding hydrogens is 432 g/mol. The highest BCUT2D eigenvalue weighted by atomic mass is 35.5. The molecule has 3 N–H and O–H groups in total. The number of nitrogens with one attached hydrogen (secondary N) is 3. The molecule has 2 aromatic carbocycles. The Kier molecular flexibility index (Phi) is 7.41. The molecule has 0 fully saturated rings. The van der Waals surface area contributed by atoms with Gasteiger partial charge < -0.3 is 20.4 Å². The molecule has 32 heavy (non-hydrogen) atoms. The zero-order chi connectivity index (χ0) is 22.9. The number of amides is 3. The van der Waals surface area contributed by atoms with Crippen LogP contribution >= 0.6 is 11.6 Å². The molecule has 0 saturated carbocycles. The molecule has 1 heterocycles. The van der Waals surface area contributed by atoms with E-state index < -0.39 is 17.7 Å². The second-order valence-corrected chi connectivity index (χ2v) is 6.88. The van der Waals surface area contributed by atoms with Crippen molar-refractivity contribution in [1.82, 2.24) is 5.32 Å². The molecule has 9 heteroatoms. The number of halogens is 1. The maximum absolute atomic E-state index is 12.3. The number of furan rings is 1. The summed E-state index contributed by atoms with van der Waals surface area (Å²) in [5.74, 6) is -1.70. The molecule has 1 aromatic heterocycles. The van der Waals surface area contributed by atoms with E-state index in [9.17, 15) is 19.6 Å². The number of carbonyl (C=O) groups is 3. The number of hydrogen-bond acceptors (Lipinski definition) is 5. The number of nitriles is 1. The Hall–Kier alpha value is -4.35. The second-order valence-electron chi connectivity index (χ2n) is 6.44. The van der Waals surface area contributed by atoms with Crippen LogP contribution in [0.4, 0.5) is 11.4 Å². The van der Waals surface area contributed by atoms with Gasteiger partial charge in [0.2, 0.25) is 0 Å². The smallest absolute Gasteiger partial charge is 0.313 e. The van der Waals surface area contributed by atoms with Gasteiger partial charge in [0.15, 0.2) is 0 Å². The van der Waals surface area contributed by atoms with Gasteiger partial charge in [0.1, 0.15) is 23.2 Å². The molecule has 0 radical (unpaired) electrons. The molecule has 0 saturated heterocycles. The third-order valence-corrected chi connectivity index (χ3v) is 4.31. The number of para-hydroxylation sites is 1. The van der Waals surface area contributed by atoms with Gasteiger partial charge in [-0.25, -0.2) is 0 Å². The van der Waals surface area contributed by atoms with Crippen LogP contribution in [0.2, 0.25) is 5.02 Å². The zero-order valence-corrected chi connectivity index (χ0v) is 17.3. The lowest BCUT2D eigenvalue weighted by atomic mass is 10.2. The van der Waals surface area contributed by atoms with Crippen LogP contribution in [0.3, 0.4) is 0 Å². The fourth-order valence-electron chi connectivity index (χ4n) is 2.58. The number of carbonyl (C=O) groups excluding carboxylic acids is 3. The summed E-state index contributed by atoms with van der Waals surface area (Å²) >= 11 is 5.89. The molecule has 3 rings (SSSR count). The standard InChI is InChI=1S/C23H17ClN4O4/c24-16-5-4-8-18(12-16)28-21(29)15(13-25)11-19-9-10-20(32-19)14-26-22(30)23(31)27-17-6-2-1-3-7-17/h1-12H,14H2,(H,26,30)(H,27,31)(H,28,29)/b15-11-. The van der Waals surface area contributed by atoms with Crippen LogP contribution in [0.5, 0.6) is 0 Å². The first-order valence-corrected chi connectivity index (χ1v) is 9.74. The van der Waals surface area contributed by atoms with E-state index in [1.807, 2.05) is 6.07 Å². The Morgan fingerprint density at radius 1 is 0.906 bits per heavy atom. The largest absolute Gasteiger partial charge is 0.460 e. The minimum atomic E-state index is -0.832. The van der Waals surface area contributed by atoms with Crippen molar-refractivity contribution in [3.63, 3.8) is 0 Å². The highest BCUT2D eigenvalue weighted by Gasteiger charge is 2.15. The molecule has 0 spiro atoms. The third kappa shape index (κ3) is 6.32. The van der Waals surface area contributed by atoms with Crippen molar-refractivity contribution in [3.05, 3.63) is 88.8 Å². The highest BCUT2D eigenvalue weighted by Crippen LogP contribution is 2.17. The van der Waals surface area contributed by atoms with E-state index >= 15 is 0 Å². The van der Waals surface area contributed by atoms with E-state index in [-0.39, 0.29) is 17.9 Å². The van der Waals surface area contributed by atoms with E-state index in [0.717, 1.165) is 0 Å². The fourth-order valence-corrected chi connectivity index (χ4v) is 2.77. The van der Waals surface area contributed by atoms with Crippen LogP contribution < -0.4 is 16.0 Å². The van der Waals surface area contributed by atoms with E-state index in [0.29, 0.717) is 22.2 Å². The number of hydrogen-bond donors (Lipinski definition) is 3. The van der Waals surface area contributed by atoms with Gasteiger partial charge in [0.05, 0.1) is 6.54 Å². The van der Waals surface area contributed by atoms with E-state index in [2.05, 4.69) is 16.0 Å². The van der Waals surface area contributed by atoms with E-state index in [1.165, 1.54) is 12.1 Å². The first-order valence-electron chi connectivity index (χ1n) is 9.36. The average Bonchev–Trinajstić information content (AvgIpc) is 3.24. The summed E-state index contributed by atoms with van der Waals surface area (Å²) in [5.41, 5.74) is 0.760. The third-order valence-electron chi connectivity index (χ3n) is 4.08. The average molecular weight is 449 g/mol. The summed E-state index contributed by atoms with van der Waals surface area (Å²) in [6.07, 6.45) is 1.27. The van der Waals surface area contributed by atoms with Crippen LogP contribution in [0.15, 0.2) is 76.7 Å². The summed E-state index contributed by atoms with van der Waals surface area (Å²) < 4.78 is 5.51. The lowest BCUT2D eigenvalue weighted by Crippen LogP contribution is -2.34. The molecule has 0 aliphatic rings. The molecule has 8 nitrogen and oxygen atoms in total. The number of rotatable bonds is 6. The van der Waals surface area contributed by atoms with Crippen molar-refractivity contribution >= 4 is 46.8 Å². The summed E-state index contributed by atoms with van der Waals surface area (Å²) in [6, 6.07) is 20.0. The maximum atomic E-state index is 12.3. The summed E-state index contributed by atoms with van der Waals surface area (Å²) in [4.78, 5) is 36.2. The van der Waals surface area contributed by atoms with Crippen molar-refractivity contribution in [2.75, 3.05) is 10.6 Å². The Balaban J connectivity index is 1.57. The normalized spacial score (nSPS) is 10.7. The number of benzene rings is 2. The molecular formula is C23H17ClN4O4. The molecule has 0 unspecified atom stereocenters. The molecule has 3 aromatic rings. The summed E-state index contributed by atoms with van der Waals surface area (Å²) in [6.45, 7) is -0.0501. The van der Waals surface area contributed by atoms with Gasteiger partial charge >= 0.3 is 11.8 Å². The SMILES string of the molecule is N#C/C(=C/c1ccc(CNC(=O)C(=O)Nc2ccccc2)o1)C(=O)Nc1cccc(Cl)c1. The Morgan fingerprint density at radius 2 is 1.62 bits per heavy atom. The van der Waals surface area contributed by atoms with Gasteiger partial charge in [-0.2, -0.15) is 5.26 Å². The van der Waals surface area contributed by atoms with Gasteiger partial charge in [0, 0.05) is 22.5 Å². The molecule has 0 bridgehead atoms. The zero-order valence-electron chi connectivity index (χ0n) is 16.6. The van der Waals surface area contributed by atoms with Crippen molar-refractivity contribution in [2.45, 2.75) is 6.54 Å². The summed E-state index contributed by atoms with van der Waals surface area (Å²) in [5, 5.41) is 17.2. The van der Waals surface area contributed by atoms with Crippen LogP contribution in [0, 0.1) is 11.3 Å². The monoisotopic (exact) mass is 448 g/mol. The predicted octanol–water partition coefficient (Wildman–Crippen LogP) is 3.73. The Labute approximate surface area is 188 Å². The lowest BCUT2D eigenvalue weighted by Gasteiger charge is -2.05. The van der Waals surface area contributed by atoms with Gasteiger partial charge in [-0.15, -0.1) is 0 Å². The molecule has 0 atom stereocenters. The number of anilines is 2. The maximum Gasteiger partial charge on any atom is 0.313 e. The van der Waals surface area contributed by atoms with Crippen molar-refractivity contribution in [2.24, 2.45) is 0 Å². The minimum Gasteiger partial charge on any atom is -0.460 e. The first-order chi connectivity index (χ1) is 15.4. The Morgan fingerprint density at radius 3 is 2.34 bits per heavy atom. The molecule has 3 amide bonds. The van der Waals surface area contributed by atoms with E-state index in [1.54, 1.807) is 60.7 Å². The fraction of sp³-hybridized carbons (Fsp3) is 0.0435. The first kappa shape index (κ1) is 22.3. The minimum absolute atomic E-state index is 0.0501. The van der Waals surface area contributed by atoms with Crippen molar-refractivity contribution in [3.8, 4) is 6.07 Å². The van der Waals surface area contributed by atoms with Gasteiger partial charge in [0.25, 0.3) is 5.91 Å². The van der Waals surface area contributed by atoms with Crippen LogP contribution in [-0.4, -0.2) is 17.7 Å². The summed E-state index contributed by atoms with van der Waals surface area (Å²) in [7, 11) is 0. The van der Waals surface area contributed by atoms with E-state index in [4.69, 9.17) is 16.0 Å². The van der Waals surface area contributed by atoms with Gasteiger partial charge in [-0.1, -0.05) is 35.9 Å². The van der Waals surface area contributed by atoms with Crippen LogP contribution in [-0.2, 0) is 20.9 Å². The second kappa shape index (κ2) is 10.6. The topological polar surface area (TPSA) is 124 Å². The van der Waals surface area contributed by atoms with Crippen LogP contribution in [0.25, 0.3) is 6.08 Å². The predicted molar refractivity (Wildman–Crippen MR) is 119 cm³/mol. The van der Waals surface area contributed by atoms with Crippen molar-refractivity contribution in [1.29, 1.82) is 5.26 Å². The molecule has 0 aliphatic carbocycles. The molecule has 160 valence electrons. The van der Waals surface area contributed by atoms with Crippen LogP contribution in [0.1, 0.15) is 11.5 Å². The van der Waals surface area contributed by atoms with Gasteiger partial charge in [-0.3, -0.25) is 14.4 Å². The lowest BCUT2D eigenvalue weighted by molar-refractivity contribution is -0.136. The van der Waals surface area contributed by atoms with Gasteiger partial charge in [-0.05, 0) is 42.5 Å². The highest BCUT2D eigenvalue weighted by molar-refractivity contribution is 6.39. The van der Waals surface area contributed by atoms with Crippen molar-refractivity contribution < 1.29 is 18.8 Å². The molecule has 0 aliphatic heterocycles. The quantitative estimate of drug-likeness (QED) is 0.301. The Bertz CT molecular complexity index is 1210.